The van der Waals surface area contributed by atoms with Crippen LogP contribution in [0.1, 0.15) is 38.5 Å². The molecule has 6 rings (SSSR count). The van der Waals surface area contributed by atoms with Crippen LogP contribution in [0, 0.1) is 29.1 Å². The van der Waals surface area contributed by atoms with E-state index in [1.807, 2.05) is 0 Å². The highest BCUT2D eigenvalue weighted by Crippen LogP contribution is 2.41. The third-order valence-corrected chi connectivity index (χ3v) is 10.6. The van der Waals surface area contributed by atoms with Crippen LogP contribution in [0.4, 0.5) is 26.3 Å². The van der Waals surface area contributed by atoms with Crippen molar-refractivity contribution in [1.29, 1.82) is 5.41 Å². The van der Waals surface area contributed by atoms with Crippen molar-refractivity contribution < 1.29 is 31.1 Å². The molecule has 10 nitrogen and oxygen atoms in total. The lowest BCUT2D eigenvalue weighted by molar-refractivity contribution is -0.150. The zero-order valence-electron chi connectivity index (χ0n) is 24.6. The van der Waals surface area contributed by atoms with Crippen molar-refractivity contribution in [3.63, 3.8) is 0 Å². The first-order valence-corrected chi connectivity index (χ1v) is 15.5. The standard InChI is InChI=1S/C27H45F6N9O/c1-40-11-18(27(31,32)33)38-22(40)16-5-3-14(4-6-16)10-41-23-17(42(25(41)34)12-26(28,29)30)9-35-21(39-23)19-20(15-7-8-15)36-13-37-24(19)43-2/h14-24,34-39H,3-13H2,1-2H3. The summed E-state index contributed by atoms with van der Waals surface area (Å²) >= 11 is 0. The molecule has 4 aliphatic heterocycles. The van der Waals surface area contributed by atoms with Crippen LogP contribution in [0.5, 0.6) is 0 Å². The molecule has 0 aromatic carbocycles. The Labute approximate surface area is 248 Å². The smallest absolute Gasteiger partial charge is 0.366 e. The number of hydrogen-bond donors (Lipinski definition) is 6. The molecule has 16 heteroatoms. The number of likely N-dealkylation sites (N-methyl/N-ethyl adjacent to an activating group) is 1. The molecule has 6 aliphatic rings. The molecule has 6 fully saturated rings. The van der Waals surface area contributed by atoms with Gasteiger partial charge in [0.05, 0.1) is 18.4 Å². The molecular weight excluding hydrogens is 580 g/mol. The lowest BCUT2D eigenvalue weighted by Crippen LogP contribution is -2.73. The first kappa shape index (κ1) is 31.5. The second-order valence-corrected chi connectivity index (χ2v) is 13.4. The molecule has 4 saturated heterocycles. The average Bonchev–Trinajstić information content (AvgIpc) is 3.68. The van der Waals surface area contributed by atoms with Gasteiger partial charge in [0.1, 0.15) is 25.0 Å². The molecule has 0 aromatic heterocycles. The number of hydrogen-bond acceptors (Lipinski definition) is 8. The SMILES string of the molecule is COC1NCNC(C2CC2)C1C1NCC2C(N1)N(CC1CCC(C3NC(C(F)(F)F)CN3C)CC1)C(=N)N2CC(F)(F)F. The van der Waals surface area contributed by atoms with E-state index in [9.17, 15) is 26.3 Å². The summed E-state index contributed by atoms with van der Waals surface area (Å²) < 4.78 is 86.7. The van der Waals surface area contributed by atoms with Crippen molar-refractivity contribution in [2.75, 3.05) is 47.0 Å². The molecule has 0 spiro atoms. The Morgan fingerprint density at radius 3 is 2.19 bits per heavy atom. The van der Waals surface area contributed by atoms with Gasteiger partial charge in [-0.25, -0.2) is 0 Å². The average molecular weight is 626 g/mol. The van der Waals surface area contributed by atoms with E-state index in [1.165, 1.54) is 0 Å². The molecule has 8 atom stereocenters. The Kier molecular flexibility index (Phi) is 8.85. The van der Waals surface area contributed by atoms with Crippen molar-refractivity contribution in [2.24, 2.45) is 23.7 Å². The van der Waals surface area contributed by atoms with Crippen LogP contribution in [0.3, 0.4) is 0 Å². The predicted molar refractivity (Wildman–Crippen MR) is 146 cm³/mol. The van der Waals surface area contributed by atoms with E-state index in [0.717, 1.165) is 43.4 Å². The van der Waals surface area contributed by atoms with Gasteiger partial charge in [-0.05, 0) is 63.3 Å². The minimum absolute atomic E-state index is 0.00763. The van der Waals surface area contributed by atoms with Gasteiger partial charge >= 0.3 is 12.4 Å². The zero-order valence-corrected chi connectivity index (χ0v) is 24.6. The van der Waals surface area contributed by atoms with Crippen molar-refractivity contribution in [3.8, 4) is 0 Å². The van der Waals surface area contributed by atoms with Crippen LogP contribution in [0.2, 0.25) is 0 Å². The second-order valence-electron chi connectivity index (χ2n) is 13.4. The van der Waals surface area contributed by atoms with Crippen LogP contribution in [-0.4, -0.2) is 123 Å². The van der Waals surface area contributed by atoms with Crippen LogP contribution >= 0.6 is 0 Å². The quantitative estimate of drug-likeness (QED) is 0.235. The Morgan fingerprint density at radius 1 is 0.884 bits per heavy atom. The van der Waals surface area contributed by atoms with E-state index in [-0.39, 0.29) is 54.9 Å². The summed E-state index contributed by atoms with van der Waals surface area (Å²) in [6.07, 6.45) is -4.81. The van der Waals surface area contributed by atoms with E-state index < -0.39 is 37.1 Å². The second kappa shape index (κ2) is 12.1. The van der Waals surface area contributed by atoms with Gasteiger partial charge in [0, 0.05) is 45.4 Å². The summed E-state index contributed by atoms with van der Waals surface area (Å²) in [4.78, 5) is 4.70. The minimum atomic E-state index is -4.45. The molecule has 2 aliphatic carbocycles. The van der Waals surface area contributed by atoms with Crippen LogP contribution in [-0.2, 0) is 4.74 Å². The molecule has 4 heterocycles. The Bertz CT molecular complexity index is 991. The summed E-state index contributed by atoms with van der Waals surface area (Å²) in [6, 6.07) is -1.90. The minimum Gasteiger partial charge on any atom is -0.366 e. The molecule has 246 valence electrons. The summed E-state index contributed by atoms with van der Waals surface area (Å²) in [5, 5.41) is 25.6. The number of rotatable bonds is 7. The lowest BCUT2D eigenvalue weighted by atomic mass is 9.80. The van der Waals surface area contributed by atoms with Crippen LogP contribution in [0.15, 0.2) is 0 Å². The molecular formula is C27H45F6N9O. The van der Waals surface area contributed by atoms with Crippen molar-refractivity contribution in [1.82, 2.24) is 41.3 Å². The monoisotopic (exact) mass is 625 g/mol. The highest BCUT2D eigenvalue weighted by Gasteiger charge is 2.54. The Balaban J connectivity index is 1.14. The predicted octanol–water partition coefficient (Wildman–Crippen LogP) is 1.43. The highest BCUT2D eigenvalue weighted by molar-refractivity contribution is 5.80. The fourth-order valence-corrected chi connectivity index (χ4v) is 8.32. The number of nitrogens with one attached hydrogen (secondary N) is 6. The third-order valence-electron chi connectivity index (χ3n) is 10.6. The normalized spacial score (nSPS) is 41.6. The molecule has 0 aromatic rings. The van der Waals surface area contributed by atoms with Gasteiger partial charge in [-0.15, -0.1) is 0 Å². The molecule has 0 radical (unpaired) electrons. The lowest BCUT2D eigenvalue weighted by Gasteiger charge is -2.48. The maximum Gasteiger partial charge on any atom is 0.406 e. The first-order valence-electron chi connectivity index (χ1n) is 15.5. The summed E-state index contributed by atoms with van der Waals surface area (Å²) in [6.45, 7) is 0.0872. The van der Waals surface area contributed by atoms with Crippen LogP contribution in [0.25, 0.3) is 0 Å². The van der Waals surface area contributed by atoms with Crippen LogP contribution < -0.4 is 26.6 Å². The van der Waals surface area contributed by atoms with Gasteiger partial charge in [0.25, 0.3) is 0 Å². The van der Waals surface area contributed by atoms with E-state index in [1.54, 1.807) is 24.0 Å². The number of methoxy groups -OCH3 is 1. The van der Waals surface area contributed by atoms with E-state index in [2.05, 4.69) is 26.6 Å². The van der Waals surface area contributed by atoms with Crippen molar-refractivity contribution in [3.05, 3.63) is 0 Å². The topological polar surface area (TPSA) is 103 Å². The number of guanidine groups is 1. The number of nitrogens with zero attached hydrogens (tertiary/aromatic N) is 3. The number of fused-ring (bicyclic) bond motifs is 1. The van der Waals surface area contributed by atoms with Gasteiger partial charge in [0.15, 0.2) is 5.96 Å². The number of halogens is 6. The number of ether oxygens (including phenoxy) is 1. The van der Waals surface area contributed by atoms with Gasteiger partial charge < -0.3 is 19.9 Å². The summed E-state index contributed by atoms with van der Waals surface area (Å²) in [7, 11) is 3.38. The molecule has 0 bridgehead atoms. The van der Waals surface area contributed by atoms with E-state index in [0.29, 0.717) is 25.7 Å². The largest absolute Gasteiger partial charge is 0.406 e. The third kappa shape index (κ3) is 6.61. The van der Waals surface area contributed by atoms with Gasteiger partial charge in [-0.2, -0.15) is 26.3 Å². The fraction of sp³-hybridized carbons (Fsp3) is 0.963. The molecule has 6 N–H and O–H groups in total. The van der Waals surface area contributed by atoms with E-state index >= 15 is 0 Å². The molecule has 0 amide bonds. The summed E-state index contributed by atoms with van der Waals surface area (Å²) in [5.74, 6) is 0.593. The molecule has 8 unspecified atom stereocenters. The van der Waals surface area contributed by atoms with Gasteiger partial charge in [-0.3, -0.25) is 31.6 Å². The number of alkyl halides is 6. The Morgan fingerprint density at radius 2 is 1.58 bits per heavy atom. The van der Waals surface area contributed by atoms with Crippen molar-refractivity contribution >= 4 is 5.96 Å². The zero-order chi connectivity index (χ0) is 30.7. The first-order chi connectivity index (χ1) is 20.3. The van der Waals surface area contributed by atoms with Gasteiger partial charge in [-0.1, -0.05) is 0 Å². The highest BCUT2D eigenvalue weighted by atomic mass is 19.4. The molecule has 43 heavy (non-hydrogen) atoms. The van der Waals surface area contributed by atoms with E-state index in [4.69, 9.17) is 10.1 Å². The maximum atomic E-state index is 13.6. The maximum absolute atomic E-state index is 13.6. The fourth-order valence-electron chi connectivity index (χ4n) is 8.32. The summed E-state index contributed by atoms with van der Waals surface area (Å²) in [5.41, 5.74) is 0. The Hall–Kier alpha value is -1.43. The molecule has 2 saturated carbocycles. The van der Waals surface area contributed by atoms with Gasteiger partial charge in [0.2, 0.25) is 0 Å². The van der Waals surface area contributed by atoms with Crippen molar-refractivity contribution in [2.45, 2.75) is 93.7 Å².